The molecule has 0 aliphatic carbocycles. The number of hydrogen-bond donors (Lipinski definition) is 2. The summed E-state index contributed by atoms with van der Waals surface area (Å²) in [5, 5.41) is 8.62. The number of ether oxygens (including phenoxy) is 1. The van der Waals surface area contributed by atoms with E-state index in [9.17, 15) is 4.79 Å². The SMILES string of the molecule is O=C(CCC1CCNC1)NCC(c1cccs1)N1CCOCC1. The Bertz CT molecular complexity index is 468. The van der Waals surface area contributed by atoms with Gasteiger partial charge in [-0.15, -0.1) is 11.3 Å². The molecule has 3 rings (SSSR count). The standard InChI is InChI=1S/C17H27N3O2S/c21-17(4-3-14-5-6-18-12-14)19-13-15(16-2-1-11-23-16)20-7-9-22-10-8-20/h1-2,11,14-15,18H,3-10,12-13H2,(H,19,21). The maximum Gasteiger partial charge on any atom is 0.220 e. The van der Waals surface area contributed by atoms with Gasteiger partial charge in [0.15, 0.2) is 0 Å². The fraction of sp³-hybridized carbons (Fsp3) is 0.706. The quantitative estimate of drug-likeness (QED) is 0.794. The molecule has 6 heteroatoms. The molecule has 1 aromatic rings. The minimum Gasteiger partial charge on any atom is -0.379 e. The summed E-state index contributed by atoms with van der Waals surface area (Å²) in [5.74, 6) is 0.861. The second kappa shape index (κ2) is 8.78. The van der Waals surface area contributed by atoms with E-state index in [0.717, 1.165) is 45.8 Å². The number of morpholine rings is 1. The molecule has 2 unspecified atom stereocenters. The summed E-state index contributed by atoms with van der Waals surface area (Å²) in [7, 11) is 0. The van der Waals surface area contributed by atoms with Gasteiger partial charge in [-0.05, 0) is 43.3 Å². The molecule has 2 atom stereocenters. The lowest BCUT2D eigenvalue weighted by Gasteiger charge is -2.34. The van der Waals surface area contributed by atoms with E-state index in [-0.39, 0.29) is 11.9 Å². The molecular weight excluding hydrogens is 310 g/mol. The molecule has 1 amide bonds. The zero-order chi connectivity index (χ0) is 15.9. The summed E-state index contributed by atoms with van der Waals surface area (Å²) in [6.45, 7) is 6.30. The van der Waals surface area contributed by atoms with Gasteiger partial charge >= 0.3 is 0 Å². The van der Waals surface area contributed by atoms with E-state index in [1.165, 1.54) is 11.3 Å². The van der Waals surface area contributed by atoms with Crippen molar-refractivity contribution in [3.05, 3.63) is 22.4 Å². The highest BCUT2D eigenvalue weighted by Gasteiger charge is 2.24. The van der Waals surface area contributed by atoms with Crippen LogP contribution in [0.3, 0.4) is 0 Å². The highest BCUT2D eigenvalue weighted by atomic mass is 32.1. The Morgan fingerprint density at radius 3 is 3.04 bits per heavy atom. The second-order valence-electron chi connectivity index (χ2n) is 6.38. The predicted molar refractivity (Wildman–Crippen MR) is 92.7 cm³/mol. The van der Waals surface area contributed by atoms with Gasteiger partial charge in [0, 0.05) is 30.9 Å². The normalized spacial score (nSPS) is 23.7. The Labute approximate surface area is 142 Å². The first-order valence-corrected chi connectivity index (χ1v) is 9.53. The van der Waals surface area contributed by atoms with Gasteiger partial charge in [-0.2, -0.15) is 0 Å². The van der Waals surface area contributed by atoms with Gasteiger partial charge in [-0.3, -0.25) is 9.69 Å². The maximum atomic E-state index is 12.2. The molecule has 2 N–H and O–H groups in total. The lowest BCUT2D eigenvalue weighted by atomic mass is 10.0. The molecule has 2 fully saturated rings. The number of thiophene rings is 1. The van der Waals surface area contributed by atoms with Crippen LogP contribution in [0.5, 0.6) is 0 Å². The molecule has 0 aromatic carbocycles. The van der Waals surface area contributed by atoms with Crippen LogP contribution in [0.1, 0.15) is 30.2 Å². The highest BCUT2D eigenvalue weighted by Crippen LogP contribution is 2.25. The summed E-state index contributed by atoms with van der Waals surface area (Å²) in [6.07, 6.45) is 2.85. The van der Waals surface area contributed by atoms with Gasteiger partial charge in [-0.25, -0.2) is 0 Å². The Balaban J connectivity index is 1.48. The lowest BCUT2D eigenvalue weighted by Crippen LogP contribution is -2.43. The zero-order valence-electron chi connectivity index (χ0n) is 13.6. The number of carbonyl (C=O) groups is 1. The number of nitrogens with one attached hydrogen (secondary N) is 2. The molecule has 0 bridgehead atoms. The maximum absolute atomic E-state index is 12.2. The van der Waals surface area contributed by atoms with Crippen LogP contribution in [-0.4, -0.2) is 56.7 Å². The average Bonchev–Trinajstić information content (AvgIpc) is 3.28. The summed E-state index contributed by atoms with van der Waals surface area (Å²) >= 11 is 1.77. The lowest BCUT2D eigenvalue weighted by molar-refractivity contribution is -0.121. The molecule has 23 heavy (non-hydrogen) atoms. The molecule has 3 heterocycles. The van der Waals surface area contributed by atoms with Crippen LogP contribution in [0.15, 0.2) is 17.5 Å². The van der Waals surface area contributed by atoms with Crippen molar-refractivity contribution in [3.63, 3.8) is 0 Å². The van der Waals surface area contributed by atoms with E-state index < -0.39 is 0 Å². The third-order valence-corrected chi connectivity index (χ3v) is 5.77. The first-order valence-electron chi connectivity index (χ1n) is 8.65. The number of hydrogen-bond acceptors (Lipinski definition) is 5. The molecule has 2 saturated heterocycles. The molecule has 128 valence electrons. The van der Waals surface area contributed by atoms with Gasteiger partial charge in [0.1, 0.15) is 0 Å². The molecule has 5 nitrogen and oxygen atoms in total. The molecule has 2 aliphatic heterocycles. The van der Waals surface area contributed by atoms with Crippen LogP contribution in [-0.2, 0) is 9.53 Å². The van der Waals surface area contributed by atoms with Crippen molar-refractivity contribution in [2.24, 2.45) is 5.92 Å². The highest BCUT2D eigenvalue weighted by molar-refractivity contribution is 7.10. The monoisotopic (exact) mass is 337 g/mol. The van der Waals surface area contributed by atoms with Gasteiger partial charge in [-0.1, -0.05) is 6.07 Å². The molecule has 1 aromatic heterocycles. The number of amides is 1. The topological polar surface area (TPSA) is 53.6 Å². The van der Waals surface area contributed by atoms with Crippen molar-refractivity contribution in [1.29, 1.82) is 0 Å². The van der Waals surface area contributed by atoms with E-state index in [4.69, 9.17) is 4.74 Å². The fourth-order valence-electron chi connectivity index (χ4n) is 3.37. The molecule has 0 radical (unpaired) electrons. The van der Waals surface area contributed by atoms with Crippen molar-refractivity contribution in [2.75, 3.05) is 45.9 Å². The summed E-state index contributed by atoms with van der Waals surface area (Å²) < 4.78 is 5.46. The molecule has 0 saturated carbocycles. The van der Waals surface area contributed by atoms with Crippen LogP contribution >= 0.6 is 11.3 Å². The Kier molecular flexibility index (Phi) is 6.45. The first-order chi connectivity index (χ1) is 11.3. The van der Waals surface area contributed by atoms with Gasteiger partial charge in [0.05, 0.1) is 19.3 Å². The molecule has 2 aliphatic rings. The Hall–Kier alpha value is -0.950. The van der Waals surface area contributed by atoms with E-state index in [2.05, 4.69) is 33.0 Å². The minimum absolute atomic E-state index is 0.187. The second-order valence-corrected chi connectivity index (χ2v) is 7.36. The number of rotatable bonds is 7. The Morgan fingerprint density at radius 2 is 2.35 bits per heavy atom. The minimum atomic E-state index is 0.187. The van der Waals surface area contributed by atoms with Crippen molar-refractivity contribution < 1.29 is 9.53 Å². The van der Waals surface area contributed by atoms with Crippen LogP contribution < -0.4 is 10.6 Å². The Morgan fingerprint density at radius 1 is 1.48 bits per heavy atom. The zero-order valence-corrected chi connectivity index (χ0v) is 14.4. The van der Waals surface area contributed by atoms with Crippen LogP contribution in [0.25, 0.3) is 0 Å². The third kappa shape index (κ3) is 5.01. The predicted octanol–water partition coefficient (Wildman–Crippen LogP) is 1.63. The third-order valence-electron chi connectivity index (χ3n) is 4.79. The van der Waals surface area contributed by atoms with Gasteiger partial charge in [0.25, 0.3) is 0 Å². The smallest absolute Gasteiger partial charge is 0.220 e. The molecule has 0 spiro atoms. The van der Waals surface area contributed by atoms with Crippen LogP contribution in [0.4, 0.5) is 0 Å². The van der Waals surface area contributed by atoms with Crippen molar-refractivity contribution in [1.82, 2.24) is 15.5 Å². The summed E-state index contributed by atoms with van der Waals surface area (Å²) in [5.41, 5.74) is 0. The largest absolute Gasteiger partial charge is 0.379 e. The van der Waals surface area contributed by atoms with Gasteiger partial charge in [0.2, 0.25) is 5.91 Å². The van der Waals surface area contributed by atoms with E-state index in [1.807, 2.05) is 0 Å². The van der Waals surface area contributed by atoms with Crippen molar-refractivity contribution in [2.45, 2.75) is 25.3 Å². The van der Waals surface area contributed by atoms with Crippen LogP contribution in [0.2, 0.25) is 0 Å². The number of carbonyl (C=O) groups excluding carboxylic acids is 1. The first kappa shape index (κ1) is 16.9. The summed E-state index contributed by atoms with van der Waals surface area (Å²) in [6, 6.07) is 4.53. The van der Waals surface area contributed by atoms with E-state index in [1.54, 1.807) is 11.3 Å². The van der Waals surface area contributed by atoms with Gasteiger partial charge < -0.3 is 15.4 Å². The average molecular weight is 337 g/mol. The summed E-state index contributed by atoms with van der Waals surface area (Å²) in [4.78, 5) is 15.9. The molecular formula is C17H27N3O2S. The van der Waals surface area contributed by atoms with Crippen molar-refractivity contribution >= 4 is 17.2 Å². The number of nitrogens with zero attached hydrogens (tertiary/aromatic N) is 1. The fourth-order valence-corrected chi connectivity index (χ4v) is 4.24. The van der Waals surface area contributed by atoms with E-state index >= 15 is 0 Å². The van der Waals surface area contributed by atoms with E-state index in [0.29, 0.717) is 18.9 Å². The van der Waals surface area contributed by atoms with Crippen molar-refractivity contribution in [3.8, 4) is 0 Å². The van der Waals surface area contributed by atoms with Crippen LogP contribution in [0, 0.1) is 5.92 Å².